The lowest BCUT2D eigenvalue weighted by Gasteiger charge is -2.12. The molecule has 2 aromatic carbocycles. The van der Waals surface area contributed by atoms with Crippen LogP contribution in [0.5, 0.6) is 11.5 Å². The highest BCUT2D eigenvalue weighted by atomic mass is 19.4. The van der Waals surface area contributed by atoms with Gasteiger partial charge in [0.25, 0.3) is 5.91 Å². The van der Waals surface area contributed by atoms with Gasteiger partial charge in [0.15, 0.2) is 11.4 Å². The molecule has 1 N–H and O–H groups in total. The Balaban J connectivity index is 1.62. The molecule has 0 saturated heterocycles. The minimum Gasteiger partial charge on any atom is -0.457 e. The third-order valence-electron chi connectivity index (χ3n) is 4.18. The minimum atomic E-state index is -4.98. The van der Waals surface area contributed by atoms with Gasteiger partial charge in [0.1, 0.15) is 17.3 Å². The third-order valence-corrected chi connectivity index (χ3v) is 4.18. The van der Waals surface area contributed by atoms with Crippen molar-refractivity contribution in [1.29, 1.82) is 0 Å². The van der Waals surface area contributed by atoms with Crippen LogP contribution in [0, 0.1) is 5.82 Å². The Hall–Kier alpha value is -4.28. The topological polar surface area (TPSA) is 81.9 Å². The molecule has 0 aliphatic rings. The SMILES string of the molecule is O=C(Nc1cccc(Oc2ccncc2)c1)c1nnn(-c2cccc(F)c2)c1C(F)(F)F. The number of aromatic nitrogens is 4. The zero-order chi connectivity index (χ0) is 22.7. The van der Waals surface area contributed by atoms with Crippen LogP contribution in [0.25, 0.3) is 5.69 Å². The monoisotopic (exact) mass is 443 g/mol. The second-order valence-corrected chi connectivity index (χ2v) is 6.44. The predicted molar refractivity (Wildman–Crippen MR) is 105 cm³/mol. The highest BCUT2D eigenvalue weighted by molar-refractivity contribution is 6.03. The Morgan fingerprint density at radius 2 is 1.72 bits per heavy atom. The molecule has 0 atom stereocenters. The van der Waals surface area contributed by atoms with Crippen LogP contribution in [0.3, 0.4) is 0 Å². The number of halogens is 4. The first kappa shape index (κ1) is 21.0. The lowest BCUT2D eigenvalue weighted by atomic mass is 10.2. The first-order valence-electron chi connectivity index (χ1n) is 9.09. The molecule has 2 heterocycles. The van der Waals surface area contributed by atoms with E-state index in [1.807, 2.05) is 0 Å². The van der Waals surface area contributed by atoms with E-state index in [1.54, 1.807) is 24.3 Å². The van der Waals surface area contributed by atoms with Gasteiger partial charge in [0.2, 0.25) is 0 Å². The number of carbonyl (C=O) groups is 1. The fourth-order valence-electron chi connectivity index (χ4n) is 2.85. The van der Waals surface area contributed by atoms with Crippen molar-refractivity contribution in [2.45, 2.75) is 6.18 Å². The van der Waals surface area contributed by atoms with E-state index < -0.39 is 29.3 Å². The van der Waals surface area contributed by atoms with E-state index in [1.165, 1.54) is 36.7 Å². The molecule has 32 heavy (non-hydrogen) atoms. The van der Waals surface area contributed by atoms with Gasteiger partial charge < -0.3 is 10.1 Å². The first-order valence-corrected chi connectivity index (χ1v) is 9.09. The molecule has 0 aliphatic carbocycles. The minimum absolute atomic E-state index is 0.176. The van der Waals surface area contributed by atoms with Crippen LogP contribution < -0.4 is 10.1 Å². The maximum atomic E-state index is 13.7. The molecule has 11 heteroatoms. The summed E-state index contributed by atoms with van der Waals surface area (Å²) in [6, 6.07) is 13.7. The van der Waals surface area contributed by atoms with Gasteiger partial charge in [0, 0.05) is 24.1 Å². The van der Waals surface area contributed by atoms with Crippen molar-refractivity contribution >= 4 is 11.6 Å². The van der Waals surface area contributed by atoms with Crippen LogP contribution in [0.15, 0.2) is 73.1 Å². The zero-order valence-corrected chi connectivity index (χ0v) is 16.0. The number of pyridine rings is 1. The summed E-state index contributed by atoms with van der Waals surface area (Å²) in [6.07, 6.45) is -1.92. The maximum Gasteiger partial charge on any atom is 0.435 e. The maximum absolute atomic E-state index is 13.7. The number of nitrogens with zero attached hydrogens (tertiary/aromatic N) is 4. The molecule has 0 spiro atoms. The number of carbonyl (C=O) groups excluding carboxylic acids is 1. The Morgan fingerprint density at radius 3 is 2.44 bits per heavy atom. The summed E-state index contributed by atoms with van der Waals surface area (Å²) in [7, 11) is 0. The summed E-state index contributed by atoms with van der Waals surface area (Å²) in [5.74, 6) is -1.07. The van der Waals surface area contributed by atoms with Crippen LogP contribution in [-0.2, 0) is 6.18 Å². The summed E-state index contributed by atoms with van der Waals surface area (Å²) in [5.41, 5.74) is -2.43. The molecule has 162 valence electrons. The normalized spacial score (nSPS) is 11.2. The van der Waals surface area contributed by atoms with Crippen molar-refractivity contribution in [3.63, 3.8) is 0 Å². The van der Waals surface area contributed by atoms with E-state index >= 15 is 0 Å². The zero-order valence-electron chi connectivity index (χ0n) is 16.0. The molecule has 4 rings (SSSR count). The molecular weight excluding hydrogens is 430 g/mol. The number of hydrogen-bond acceptors (Lipinski definition) is 5. The standard InChI is InChI=1S/C21H13F4N5O2/c22-13-3-1-5-15(11-13)30-19(21(23,24)25)18(28-29-30)20(31)27-14-4-2-6-17(12-14)32-16-7-9-26-10-8-16/h1-12H,(H,27,31). The molecule has 0 radical (unpaired) electrons. The number of rotatable bonds is 5. The average Bonchev–Trinajstić information content (AvgIpc) is 3.21. The molecule has 7 nitrogen and oxygen atoms in total. The number of ether oxygens (including phenoxy) is 1. The van der Waals surface area contributed by atoms with E-state index in [4.69, 9.17) is 4.74 Å². The predicted octanol–water partition coefficient (Wildman–Crippen LogP) is 4.86. The van der Waals surface area contributed by atoms with E-state index in [9.17, 15) is 22.4 Å². The molecule has 0 bridgehead atoms. The summed E-state index contributed by atoms with van der Waals surface area (Å²) in [4.78, 5) is 16.5. The van der Waals surface area contributed by atoms with E-state index in [0.717, 1.165) is 12.1 Å². The van der Waals surface area contributed by atoms with Crippen molar-refractivity contribution in [2.75, 3.05) is 5.32 Å². The summed E-state index contributed by atoms with van der Waals surface area (Å²) in [6.45, 7) is 0. The number of anilines is 1. The Bertz CT molecular complexity index is 1260. The molecular formula is C21H13F4N5O2. The number of hydrogen-bond donors (Lipinski definition) is 1. The highest BCUT2D eigenvalue weighted by Crippen LogP contribution is 2.33. The summed E-state index contributed by atoms with van der Waals surface area (Å²) < 4.78 is 60.7. The van der Waals surface area contributed by atoms with Crippen molar-refractivity contribution in [3.05, 3.63) is 90.3 Å². The third kappa shape index (κ3) is 4.56. The van der Waals surface area contributed by atoms with E-state index in [-0.39, 0.29) is 11.4 Å². The Morgan fingerprint density at radius 1 is 0.969 bits per heavy atom. The molecule has 0 aliphatic heterocycles. The molecule has 0 saturated carbocycles. The Kier molecular flexibility index (Phi) is 5.54. The van der Waals surface area contributed by atoms with Crippen LogP contribution in [0.1, 0.15) is 16.2 Å². The van der Waals surface area contributed by atoms with E-state index in [2.05, 4.69) is 20.6 Å². The summed E-state index contributed by atoms with van der Waals surface area (Å²) in [5, 5.41) is 9.17. The highest BCUT2D eigenvalue weighted by Gasteiger charge is 2.42. The Labute approximate surface area is 178 Å². The smallest absolute Gasteiger partial charge is 0.435 e. The van der Waals surface area contributed by atoms with E-state index in [0.29, 0.717) is 16.2 Å². The second-order valence-electron chi connectivity index (χ2n) is 6.44. The van der Waals surface area contributed by atoms with Crippen LogP contribution in [-0.4, -0.2) is 25.9 Å². The van der Waals surface area contributed by atoms with Crippen molar-refractivity contribution in [2.24, 2.45) is 0 Å². The number of nitrogens with one attached hydrogen (secondary N) is 1. The van der Waals surface area contributed by atoms with Crippen molar-refractivity contribution in [1.82, 2.24) is 20.0 Å². The van der Waals surface area contributed by atoms with Gasteiger partial charge in [-0.3, -0.25) is 9.78 Å². The summed E-state index contributed by atoms with van der Waals surface area (Å²) >= 11 is 0. The number of alkyl halides is 3. The fourth-order valence-corrected chi connectivity index (χ4v) is 2.85. The molecule has 1 amide bonds. The number of benzene rings is 2. The molecule has 2 aromatic heterocycles. The van der Waals surface area contributed by atoms with Crippen LogP contribution in [0.4, 0.5) is 23.2 Å². The van der Waals surface area contributed by atoms with Gasteiger partial charge in [-0.15, -0.1) is 5.10 Å². The lowest BCUT2D eigenvalue weighted by Crippen LogP contribution is -2.21. The fraction of sp³-hybridized carbons (Fsp3) is 0.0476. The largest absolute Gasteiger partial charge is 0.457 e. The number of amides is 1. The average molecular weight is 443 g/mol. The molecule has 0 unspecified atom stereocenters. The van der Waals surface area contributed by atoms with Crippen LogP contribution in [0.2, 0.25) is 0 Å². The second kappa shape index (κ2) is 8.46. The quantitative estimate of drug-likeness (QED) is 0.446. The van der Waals surface area contributed by atoms with Gasteiger partial charge in [-0.25, -0.2) is 9.07 Å². The van der Waals surface area contributed by atoms with Gasteiger partial charge in [-0.2, -0.15) is 13.2 Å². The molecule has 0 fully saturated rings. The van der Waals surface area contributed by atoms with Gasteiger partial charge in [-0.1, -0.05) is 17.3 Å². The van der Waals surface area contributed by atoms with Gasteiger partial charge >= 0.3 is 6.18 Å². The lowest BCUT2D eigenvalue weighted by molar-refractivity contribution is -0.143. The first-order chi connectivity index (χ1) is 15.3. The van der Waals surface area contributed by atoms with Gasteiger partial charge in [-0.05, 0) is 42.5 Å². The molecule has 4 aromatic rings. The van der Waals surface area contributed by atoms with Crippen LogP contribution >= 0.6 is 0 Å². The van der Waals surface area contributed by atoms with Crippen molar-refractivity contribution in [3.8, 4) is 17.2 Å². The van der Waals surface area contributed by atoms with Gasteiger partial charge in [0.05, 0.1) is 5.69 Å². The van der Waals surface area contributed by atoms with Crippen molar-refractivity contribution < 1.29 is 27.1 Å².